The molecule has 1 aliphatic rings. The lowest BCUT2D eigenvalue weighted by atomic mass is 10.1. The zero-order chi connectivity index (χ0) is 22.8. The third-order valence-electron chi connectivity index (χ3n) is 5.02. The van der Waals surface area contributed by atoms with E-state index in [1.165, 1.54) is 0 Å². The predicted octanol–water partition coefficient (Wildman–Crippen LogP) is 2.15. The quantitative estimate of drug-likeness (QED) is 0.564. The number of hydrogen-bond acceptors (Lipinski definition) is 6. The van der Waals surface area contributed by atoms with E-state index < -0.39 is 17.4 Å². The molecule has 1 saturated heterocycles. The van der Waals surface area contributed by atoms with Crippen LogP contribution >= 0.6 is 0 Å². The van der Waals surface area contributed by atoms with Crippen molar-refractivity contribution in [3.63, 3.8) is 0 Å². The van der Waals surface area contributed by atoms with Crippen molar-refractivity contribution in [3.05, 3.63) is 30.2 Å². The van der Waals surface area contributed by atoms with Gasteiger partial charge in [-0.1, -0.05) is 6.07 Å². The van der Waals surface area contributed by atoms with Gasteiger partial charge in [0.2, 0.25) is 0 Å². The summed E-state index contributed by atoms with van der Waals surface area (Å²) in [7, 11) is 1.70. The lowest BCUT2D eigenvalue weighted by molar-refractivity contribution is -0.0755. The molecular weight excluding hydrogens is 398 g/mol. The molecule has 0 aromatic carbocycles. The fourth-order valence-electron chi connectivity index (χ4n) is 3.72. The molecule has 0 aliphatic carbocycles. The smallest absolute Gasteiger partial charge is 0.412 e. The minimum atomic E-state index is -0.772. The Balaban J connectivity index is 1.64. The summed E-state index contributed by atoms with van der Waals surface area (Å²) in [5.41, 5.74) is -0.574. The summed E-state index contributed by atoms with van der Waals surface area (Å²) in [6, 6.07) is 5.53. The second kappa shape index (κ2) is 8.70. The number of carbonyl (C=O) groups is 1. The molecule has 170 valence electrons. The van der Waals surface area contributed by atoms with Gasteiger partial charge in [0.15, 0.2) is 17.4 Å². The number of aliphatic imine (C=N–C) groups is 1. The Kier molecular flexibility index (Phi) is 6.40. The van der Waals surface area contributed by atoms with Crippen molar-refractivity contribution >= 4 is 17.7 Å². The zero-order valence-corrected chi connectivity index (χ0v) is 19.3. The molecule has 2 atom stereocenters. The molecule has 1 aliphatic heterocycles. The molecule has 3 rings (SSSR count). The van der Waals surface area contributed by atoms with E-state index in [2.05, 4.69) is 25.8 Å². The Bertz CT molecular complexity index is 948. The minimum Gasteiger partial charge on any atom is -0.444 e. The summed E-state index contributed by atoms with van der Waals surface area (Å²) in [4.78, 5) is 18.8. The third kappa shape index (κ3) is 5.25. The molecule has 1 amide bonds. The maximum Gasteiger partial charge on any atom is 0.412 e. The van der Waals surface area contributed by atoms with Crippen molar-refractivity contribution < 1.29 is 14.3 Å². The standard InChI is InChI=1S/C21H33N7O3/c1-14-15(28(21(5,6)30-14)19(29)31-20(2,3)4)12-23-18(22-7)24-13-17-26-25-16-10-8-9-11-27(16)17/h8-11,14-15H,12-13H2,1-7H3,(H2,22,23,24). The van der Waals surface area contributed by atoms with Crippen LogP contribution < -0.4 is 10.6 Å². The SMILES string of the molecule is CN=C(NCc1nnc2ccccn12)NCC1C(C)OC(C)(C)N1C(=O)OC(C)(C)C. The molecule has 0 saturated carbocycles. The van der Waals surface area contributed by atoms with Crippen molar-refractivity contribution in [1.82, 2.24) is 30.1 Å². The van der Waals surface area contributed by atoms with Gasteiger partial charge in [-0.15, -0.1) is 10.2 Å². The molecule has 2 unspecified atom stereocenters. The van der Waals surface area contributed by atoms with E-state index in [4.69, 9.17) is 9.47 Å². The highest BCUT2D eigenvalue weighted by atomic mass is 16.6. The van der Waals surface area contributed by atoms with E-state index in [9.17, 15) is 4.79 Å². The lowest BCUT2D eigenvalue weighted by Crippen LogP contribution is -2.54. The first-order valence-electron chi connectivity index (χ1n) is 10.4. The minimum absolute atomic E-state index is 0.173. The van der Waals surface area contributed by atoms with E-state index in [0.29, 0.717) is 19.0 Å². The number of pyridine rings is 1. The maximum atomic E-state index is 12.9. The first-order valence-corrected chi connectivity index (χ1v) is 10.4. The number of nitrogens with one attached hydrogen (secondary N) is 2. The van der Waals surface area contributed by atoms with Crippen LogP contribution in [0.1, 0.15) is 47.4 Å². The second-order valence-corrected chi connectivity index (χ2v) is 9.04. The Labute approximate surface area is 183 Å². The zero-order valence-electron chi connectivity index (χ0n) is 19.3. The number of guanidine groups is 1. The number of rotatable bonds is 4. The van der Waals surface area contributed by atoms with Gasteiger partial charge < -0.3 is 20.1 Å². The van der Waals surface area contributed by atoms with Crippen LogP contribution in [0.5, 0.6) is 0 Å². The van der Waals surface area contributed by atoms with Gasteiger partial charge in [0.1, 0.15) is 11.3 Å². The molecule has 10 heteroatoms. The van der Waals surface area contributed by atoms with Crippen LogP contribution in [0, 0.1) is 0 Å². The van der Waals surface area contributed by atoms with Crippen molar-refractivity contribution in [1.29, 1.82) is 0 Å². The molecule has 0 radical (unpaired) electrons. The molecular formula is C21H33N7O3. The lowest BCUT2D eigenvalue weighted by Gasteiger charge is -2.35. The van der Waals surface area contributed by atoms with Crippen molar-refractivity contribution in [2.45, 2.75) is 71.6 Å². The van der Waals surface area contributed by atoms with Gasteiger partial charge in [-0.2, -0.15) is 0 Å². The van der Waals surface area contributed by atoms with Crippen LogP contribution in [0.4, 0.5) is 4.79 Å². The number of hydrogen-bond donors (Lipinski definition) is 2. The molecule has 2 aromatic rings. The van der Waals surface area contributed by atoms with Gasteiger partial charge in [0.25, 0.3) is 0 Å². The van der Waals surface area contributed by atoms with E-state index >= 15 is 0 Å². The van der Waals surface area contributed by atoms with Gasteiger partial charge in [-0.25, -0.2) is 4.79 Å². The van der Waals surface area contributed by atoms with Gasteiger partial charge in [0, 0.05) is 19.8 Å². The molecule has 2 aromatic heterocycles. The largest absolute Gasteiger partial charge is 0.444 e. The Morgan fingerprint density at radius 3 is 2.71 bits per heavy atom. The van der Waals surface area contributed by atoms with Crippen LogP contribution in [0.2, 0.25) is 0 Å². The molecule has 0 spiro atoms. The monoisotopic (exact) mass is 431 g/mol. The molecule has 31 heavy (non-hydrogen) atoms. The second-order valence-electron chi connectivity index (χ2n) is 9.04. The number of amides is 1. The van der Waals surface area contributed by atoms with Crippen molar-refractivity contribution in [2.24, 2.45) is 4.99 Å². The van der Waals surface area contributed by atoms with E-state index in [-0.39, 0.29) is 12.1 Å². The van der Waals surface area contributed by atoms with Gasteiger partial charge in [-0.05, 0) is 53.7 Å². The number of aromatic nitrogens is 3. The highest BCUT2D eigenvalue weighted by Crippen LogP contribution is 2.33. The van der Waals surface area contributed by atoms with E-state index in [1.807, 2.05) is 70.3 Å². The number of ether oxygens (including phenoxy) is 2. The summed E-state index contributed by atoms with van der Waals surface area (Å²) in [6.07, 6.45) is 1.35. The number of nitrogens with zero attached hydrogens (tertiary/aromatic N) is 5. The average molecular weight is 432 g/mol. The van der Waals surface area contributed by atoms with Gasteiger partial charge in [-0.3, -0.25) is 14.3 Å². The van der Waals surface area contributed by atoms with Crippen LogP contribution in [0.25, 0.3) is 5.65 Å². The summed E-state index contributed by atoms with van der Waals surface area (Å²) in [5, 5.41) is 14.9. The Morgan fingerprint density at radius 2 is 2.03 bits per heavy atom. The molecule has 0 bridgehead atoms. The Hall–Kier alpha value is -2.88. The summed E-state index contributed by atoms with van der Waals surface area (Å²) in [6.45, 7) is 12.2. The summed E-state index contributed by atoms with van der Waals surface area (Å²) >= 11 is 0. The van der Waals surface area contributed by atoms with Gasteiger partial charge >= 0.3 is 6.09 Å². The Morgan fingerprint density at radius 1 is 1.29 bits per heavy atom. The first kappa shape index (κ1) is 22.8. The summed E-state index contributed by atoms with van der Waals surface area (Å²) < 4.78 is 13.6. The molecule has 10 nitrogen and oxygen atoms in total. The van der Waals surface area contributed by atoms with Gasteiger partial charge in [0.05, 0.1) is 18.7 Å². The van der Waals surface area contributed by atoms with E-state index in [1.54, 1.807) is 11.9 Å². The van der Waals surface area contributed by atoms with Crippen LogP contribution in [0.15, 0.2) is 29.4 Å². The maximum absolute atomic E-state index is 12.9. The predicted molar refractivity (Wildman–Crippen MR) is 118 cm³/mol. The number of carbonyl (C=O) groups excluding carboxylic acids is 1. The first-order chi connectivity index (χ1) is 14.5. The average Bonchev–Trinajstić information content (AvgIpc) is 3.17. The fourth-order valence-corrected chi connectivity index (χ4v) is 3.72. The molecule has 2 N–H and O–H groups in total. The summed E-state index contributed by atoms with van der Waals surface area (Å²) in [5.74, 6) is 1.36. The van der Waals surface area contributed by atoms with Crippen LogP contribution in [-0.4, -0.2) is 68.6 Å². The van der Waals surface area contributed by atoms with Crippen LogP contribution in [-0.2, 0) is 16.0 Å². The van der Waals surface area contributed by atoms with Crippen molar-refractivity contribution in [2.75, 3.05) is 13.6 Å². The normalized spacial score (nSPS) is 21.4. The van der Waals surface area contributed by atoms with Crippen LogP contribution in [0.3, 0.4) is 0 Å². The fraction of sp³-hybridized carbons (Fsp3) is 0.619. The van der Waals surface area contributed by atoms with Crippen molar-refractivity contribution in [3.8, 4) is 0 Å². The topological polar surface area (TPSA) is 105 Å². The third-order valence-corrected chi connectivity index (χ3v) is 5.02. The highest BCUT2D eigenvalue weighted by molar-refractivity contribution is 5.79. The molecule has 1 fully saturated rings. The highest BCUT2D eigenvalue weighted by Gasteiger charge is 2.49. The molecule has 3 heterocycles. The number of fused-ring (bicyclic) bond motifs is 1. The van der Waals surface area contributed by atoms with E-state index in [0.717, 1.165) is 11.5 Å².